The van der Waals surface area contributed by atoms with Gasteiger partial charge in [-0.25, -0.2) is 0 Å². The molecule has 0 aliphatic carbocycles. The number of unbranched alkanes of at least 4 members (excludes halogenated alkanes) is 1. The molecule has 0 heterocycles. The first-order valence-corrected chi connectivity index (χ1v) is 7.10. The van der Waals surface area contributed by atoms with Crippen molar-refractivity contribution in [3.8, 4) is 11.8 Å². The van der Waals surface area contributed by atoms with E-state index in [2.05, 4.69) is 61.8 Å². The van der Waals surface area contributed by atoms with Crippen molar-refractivity contribution in [1.29, 1.82) is 0 Å². The smallest absolute Gasteiger partial charge is 0.0605 e. The van der Waals surface area contributed by atoms with Crippen LogP contribution in [-0.4, -0.2) is 24.5 Å². The fourth-order valence-electron chi connectivity index (χ4n) is 1.84. The Kier molecular flexibility index (Phi) is 7.22. The van der Waals surface area contributed by atoms with E-state index in [0.717, 1.165) is 25.2 Å². The lowest BCUT2D eigenvalue weighted by Crippen LogP contribution is -2.22. The molecule has 0 N–H and O–H groups in total. The monoisotopic (exact) mass is 243 g/mol. The predicted octanol–water partition coefficient (Wildman–Crippen LogP) is 3.72. The van der Waals surface area contributed by atoms with Crippen LogP contribution in [0, 0.1) is 11.8 Å². The largest absolute Gasteiger partial charge is 0.293 e. The van der Waals surface area contributed by atoms with Crippen LogP contribution in [0.15, 0.2) is 24.3 Å². The molecule has 0 saturated heterocycles. The molecule has 1 heteroatoms. The van der Waals surface area contributed by atoms with Crippen LogP contribution in [-0.2, 0) is 6.42 Å². The Bertz CT molecular complexity index is 376. The van der Waals surface area contributed by atoms with Gasteiger partial charge in [0.1, 0.15) is 0 Å². The Morgan fingerprint density at radius 2 is 1.67 bits per heavy atom. The minimum atomic E-state index is 0.866. The molecule has 18 heavy (non-hydrogen) atoms. The molecule has 1 aromatic rings. The van der Waals surface area contributed by atoms with Crippen molar-refractivity contribution in [2.45, 2.75) is 40.0 Å². The lowest BCUT2D eigenvalue weighted by molar-refractivity contribution is 0.342. The number of hydrogen-bond acceptors (Lipinski definition) is 1. The van der Waals surface area contributed by atoms with E-state index in [1.165, 1.54) is 24.8 Å². The highest BCUT2D eigenvalue weighted by atomic mass is 15.1. The zero-order chi connectivity index (χ0) is 13.2. The summed E-state index contributed by atoms with van der Waals surface area (Å²) < 4.78 is 0. The second-order valence-corrected chi connectivity index (χ2v) is 4.56. The van der Waals surface area contributed by atoms with E-state index in [0.29, 0.717) is 0 Å². The molecule has 0 amide bonds. The summed E-state index contributed by atoms with van der Waals surface area (Å²) in [5.74, 6) is 6.48. The van der Waals surface area contributed by atoms with Gasteiger partial charge < -0.3 is 0 Å². The summed E-state index contributed by atoms with van der Waals surface area (Å²) in [5.41, 5.74) is 2.55. The van der Waals surface area contributed by atoms with Gasteiger partial charge in [0.25, 0.3) is 0 Å². The number of benzene rings is 1. The molecule has 0 saturated carbocycles. The van der Waals surface area contributed by atoms with Gasteiger partial charge in [-0.1, -0.05) is 51.2 Å². The van der Waals surface area contributed by atoms with E-state index in [-0.39, 0.29) is 0 Å². The molecular weight excluding hydrogens is 218 g/mol. The molecule has 0 bridgehead atoms. The molecule has 0 aromatic heterocycles. The van der Waals surface area contributed by atoms with Crippen LogP contribution in [0.1, 0.15) is 44.7 Å². The molecule has 0 fully saturated rings. The first-order valence-electron chi connectivity index (χ1n) is 7.10. The number of rotatable bonds is 6. The lowest BCUT2D eigenvalue weighted by Gasteiger charge is -2.13. The Morgan fingerprint density at radius 3 is 2.22 bits per heavy atom. The molecule has 98 valence electrons. The van der Waals surface area contributed by atoms with E-state index in [9.17, 15) is 0 Å². The molecule has 1 rings (SSSR count). The Labute approximate surface area is 112 Å². The van der Waals surface area contributed by atoms with Crippen LogP contribution in [0.3, 0.4) is 0 Å². The molecule has 0 atom stereocenters. The first-order chi connectivity index (χ1) is 8.80. The topological polar surface area (TPSA) is 3.24 Å². The van der Waals surface area contributed by atoms with E-state index >= 15 is 0 Å². The second kappa shape index (κ2) is 8.78. The highest BCUT2D eigenvalue weighted by molar-refractivity contribution is 5.36. The van der Waals surface area contributed by atoms with Gasteiger partial charge in [-0.15, -0.1) is 0 Å². The lowest BCUT2D eigenvalue weighted by atomic mass is 10.1. The summed E-state index contributed by atoms with van der Waals surface area (Å²) in [6.07, 6.45) is 3.71. The maximum atomic E-state index is 3.24. The highest BCUT2D eigenvalue weighted by Crippen LogP contribution is 2.07. The number of aryl methyl sites for hydroxylation is 1. The van der Waals surface area contributed by atoms with Crippen molar-refractivity contribution in [2.75, 3.05) is 19.6 Å². The van der Waals surface area contributed by atoms with Crippen molar-refractivity contribution in [2.24, 2.45) is 0 Å². The molecule has 1 nitrogen and oxygen atoms in total. The SMILES string of the molecule is CCCCc1ccc(C#CCN(CC)CC)cc1. The van der Waals surface area contributed by atoms with E-state index in [1.54, 1.807) is 0 Å². The molecule has 0 unspecified atom stereocenters. The summed E-state index contributed by atoms with van der Waals surface area (Å²) in [4.78, 5) is 2.32. The van der Waals surface area contributed by atoms with Crippen molar-refractivity contribution >= 4 is 0 Å². The van der Waals surface area contributed by atoms with Gasteiger partial charge in [0.2, 0.25) is 0 Å². The van der Waals surface area contributed by atoms with Gasteiger partial charge in [0.05, 0.1) is 6.54 Å². The normalized spacial score (nSPS) is 10.2. The minimum Gasteiger partial charge on any atom is -0.293 e. The summed E-state index contributed by atoms with van der Waals surface area (Å²) in [6.45, 7) is 9.58. The molecule has 0 spiro atoms. The average molecular weight is 243 g/mol. The van der Waals surface area contributed by atoms with E-state index in [4.69, 9.17) is 0 Å². The van der Waals surface area contributed by atoms with Gasteiger partial charge in [0, 0.05) is 5.56 Å². The fourth-order valence-corrected chi connectivity index (χ4v) is 1.84. The third-order valence-corrected chi connectivity index (χ3v) is 3.20. The molecule has 1 aromatic carbocycles. The number of hydrogen-bond donors (Lipinski definition) is 0. The van der Waals surface area contributed by atoms with Crippen LogP contribution in [0.5, 0.6) is 0 Å². The van der Waals surface area contributed by atoms with Crippen LogP contribution < -0.4 is 0 Å². The Balaban J connectivity index is 2.50. The van der Waals surface area contributed by atoms with Crippen molar-refractivity contribution in [3.63, 3.8) is 0 Å². The standard InChI is InChI=1S/C17H25N/c1-4-7-9-16-11-13-17(14-12-16)10-8-15-18(5-2)6-3/h11-14H,4-7,9,15H2,1-3H3. The zero-order valence-electron chi connectivity index (χ0n) is 12.0. The van der Waals surface area contributed by atoms with Crippen molar-refractivity contribution in [1.82, 2.24) is 4.90 Å². The summed E-state index contributed by atoms with van der Waals surface area (Å²) in [5, 5.41) is 0. The Morgan fingerprint density at radius 1 is 1.00 bits per heavy atom. The maximum absolute atomic E-state index is 3.24. The third-order valence-electron chi connectivity index (χ3n) is 3.20. The van der Waals surface area contributed by atoms with Gasteiger partial charge in [-0.05, 0) is 43.6 Å². The summed E-state index contributed by atoms with van der Waals surface area (Å²) >= 11 is 0. The van der Waals surface area contributed by atoms with Crippen molar-refractivity contribution < 1.29 is 0 Å². The quantitative estimate of drug-likeness (QED) is 0.688. The van der Waals surface area contributed by atoms with Crippen LogP contribution in [0.2, 0.25) is 0 Å². The van der Waals surface area contributed by atoms with Gasteiger partial charge >= 0.3 is 0 Å². The first kappa shape index (κ1) is 14.8. The van der Waals surface area contributed by atoms with Gasteiger partial charge in [0.15, 0.2) is 0 Å². The number of nitrogens with zero attached hydrogens (tertiary/aromatic N) is 1. The van der Waals surface area contributed by atoms with Crippen molar-refractivity contribution in [3.05, 3.63) is 35.4 Å². The second-order valence-electron chi connectivity index (χ2n) is 4.56. The average Bonchev–Trinajstić information content (AvgIpc) is 2.42. The fraction of sp³-hybridized carbons (Fsp3) is 0.529. The predicted molar refractivity (Wildman–Crippen MR) is 79.7 cm³/mol. The molecular formula is C17H25N. The van der Waals surface area contributed by atoms with Crippen LogP contribution in [0.4, 0.5) is 0 Å². The van der Waals surface area contributed by atoms with E-state index < -0.39 is 0 Å². The zero-order valence-corrected chi connectivity index (χ0v) is 12.0. The van der Waals surface area contributed by atoms with Gasteiger partial charge in [-0.2, -0.15) is 0 Å². The third kappa shape index (κ3) is 5.38. The van der Waals surface area contributed by atoms with Crippen LogP contribution >= 0.6 is 0 Å². The van der Waals surface area contributed by atoms with Crippen LogP contribution in [0.25, 0.3) is 0 Å². The van der Waals surface area contributed by atoms with E-state index in [1.807, 2.05) is 0 Å². The Hall–Kier alpha value is -1.26. The molecule has 0 aliphatic rings. The maximum Gasteiger partial charge on any atom is 0.0605 e. The molecule has 0 aliphatic heterocycles. The molecule has 0 radical (unpaired) electrons. The minimum absolute atomic E-state index is 0.866. The van der Waals surface area contributed by atoms with Gasteiger partial charge in [-0.3, -0.25) is 4.90 Å². The summed E-state index contributed by atoms with van der Waals surface area (Å²) in [6, 6.07) is 8.69. The summed E-state index contributed by atoms with van der Waals surface area (Å²) in [7, 11) is 0. The highest BCUT2D eigenvalue weighted by Gasteiger charge is 1.94.